The van der Waals surface area contributed by atoms with E-state index in [2.05, 4.69) is 16.0 Å². The highest BCUT2D eigenvalue weighted by atomic mass is 35.5. The van der Waals surface area contributed by atoms with Gasteiger partial charge in [-0.25, -0.2) is 4.79 Å². The second-order valence-electron chi connectivity index (χ2n) is 9.19. The third kappa shape index (κ3) is 8.96. The molecule has 0 unspecified atom stereocenters. The molecule has 0 heterocycles. The Morgan fingerprint density at radius 3 is 2.23 bits per heavy atom. The number of anilines is 2. The van der Waals surface area contributed by atoms with Gasteiger partial charge in [-0.2, -0.15) is 0 Å². The van der Waals surface area contributed by atoms with E-state index in [4.69, 9.17) is 23.2 Å². The van der Waals surface area contributed by atoms with Crippen LogP contribution in [0.4, 0.5) is 11.4 Å². The summed E-state index contributed by atoms with van der Waals surface area (Å²) in [4.78, 5) is 50.6. The molecule has 4 aromatic rings. The number of amides is 3. The SMILES string of the molecule is Cc1ccc(C(=O)O)cc1NC(=O)CSc1ccc(NC(=O)/C(=C/c2ccc(Cl)cc2Cl)NC(=O)c2ccccc2)cc1. The van der Waals surface area contributed by atoms with E-state index in [9.17, 15) is 24.3 Å². The van der Waals surface area contributed by atoms with Crippen LogP contribution < -0.4 is 16.0 Å². The number of rotatable bonds is 10. The summed E-state index contributed by atoms with van der Waals surface area (Å²) in [7, 11) is 0. The maximum absolute atomic E-state index is 13.3. The molecule has 8 nitrogen and oxygen atoms in total. The largest absolute Gasteiger partial charge is 0.478 e. The molecule has 0 aliphatic rings. The minimum Gasteiger partial charge on any atom is -0.478 e. The number of carbonyl (C=O) groups excluding carboxylic acids is 3. The summed E-state index contributed by atoms with van der Waals surface area (Å²) >= 11 is 13.6. The molecule has 11 heteroatoms. The van der Waals surface area contributed by atoms with Crippen molar-refractivity contribution in [3.8, 4) is 0 Å². The Labute approximate surface area is 262 Å². The highest BCUT2D eigenvalue weighted by molar-refractivity contribution is 8.00. The molecule has 0 saturated carbocycles. The fourth-order valence-corrected chi connectivity index (χ4v) is 4.94. The quantitative estimate of drug-likeness (QED) is 0.109. The number of hydrogen-bond acceptors (Lipinski definition) is 5. The first-order chi connectivity index (χ1) is 20.6. The lowest BCUT2D eigenvalue weighted by Gasteiger charge is -2.12. The average molecular weight is 635 g/mol. The number of hydrogen-bond donors (Lipinski definition) is 4. The Kier molecular flexibility index (Phi) is 10.6. The first-order valence-corrected chi connectivity index (χ1v) is 14.5. The average Bonchev–Trinajstić information content (AvgIpc) is 2.99. The van der Waals surface area contributed by atoms with Crippen LogP contribution in [-0.2, 0) is 9.59 Å². The number of benzene rings is 4. The van der Waals surface area contributed by atoms with Crippen LogP contribution in [0.5, 0.6) is 0 Å². The van der Waals surface area contributed by atoms with E-state index in [1.807, 2.05) is 0 Å². The van der Waals surface area contributed by atoms with Crippen LogP contribution in [-0.4, -0.2) is 34.6 Å². The summed E-state index contributed by atoms with van der Waals surface area (Å²) in [5.41, 5.74) is 2.55. The second-order valence-corrected chi connectivity index (χ2v) is 11.1. The smallest absolute Gasteiger partial charge is 0.335 e. The maximum atomic E-state index is 13.3. The number of carboxylic acids is 1. The fourth-order valence-electron chi connectivity index (χ4n) is 3.77. The van der Waals surface area contributed by atoms with Gasteiger partial charge in [-0.1, -0.05) is 53.5 Å². The van der Waals surface area contributed by atoms with Gasteiger partial charge in [0.05, 0.1) is 11.3 Å². The molecule has 4 N–H and O–H groups in total. The molecule has 0 radical (unpaired) electrons. The van der Waals surface area contributed by atoms with Crippen LogP contribution in [0.1, 0.15) is 31.8 Å². The van der Waals surface area contributed by atoms with E-state index in [-0.39, 0.29) is 22.9 Å². The molecule has 0 atom stereocenters. The predicted molar refractivity (Wildman–Crippen MR) is 171 cm³/mol. The van der Waals surface area contributed by atoms with Crippen molar-refractivity contribution in [3.63, 3.8) is 0 Å². The third-order valence-corrected chi connectivity index (χ3v) is 7.61. The van der Waals surface area contributed by atoms with Crippen molar-refractivity contribution in [1.82, 2.24) is 5.32 Å². The molecule has 0 bridgehead atoms. The van der Waals surface area contributed by atoms with Crippen molar-refractivity contribution in [2.24, 2.45) is 0 Å². The van der Waals surface area contributed by atoms with Gasteiger partial charge in [0.15, 0.2) is 0 Å². The molecule has 0 saturated heterocycles. The van der Waals surface area contributed by atoms with E-state index in [1.165, 1.54) is 36.0 Å². The van der Waals surface area contributed by atoms with Crippen LogP contribution in [0, 0.1) is 6.92 Å². The molecular formula is C32H25Cl2N3O5S. The number of halogens is 2. The van der Waals surface area contributed by atoms with Gasteiger partial charge < -0.3 is 21.1 Å². The minimum atomic E-state index is -1.08. The van der Waals surface area contributed by atoms with Crippen molar-refractivity contribution < 1.29 is 24.3 Å². The van der Waals surface area contributed by atoms with E-state index < -0.39 is 17.8 Å². The summed E-state index contributed by atoms with van der Waals surface area (Å²) in [5, 5.41) is 18.1. The Morgan fingerprint density at radius 1 is 0.837 bits per heavy atom. The number of carbonyl (C=O) groups is 4. The monoisotopic (exact) mass is 633 g/mol. The van der Waals surface area contributed by atoms with Crippen LogP contribution in [0.25, 0.3) is 6.08 Å². The van der Waals surface area contributed by atoms with Crippen LogP contribution in [0.2, 0.25) is 10.0 Å². The van der Waals surface area contributed by atoms with E-state index >= 15 is 0 Å². The maximum Gasteiger partial charge on any atom is 0.335 e. The van der Waals surface area contributed by atoms with E-state index in [0.29, 0.717) is 32.5 Å². The fraction of sp³-hybridized carbons (Fsp3) is 0.0625. The zero-order valence-corrected chi connectivity index (χ0v) is 25.0. The van der Waals surface area contributed by atoms with E-state index in [0.717, 1.165) is 10.5 Å². The van der Waals surface area contributed by atoms with Gasteiger partial charge in [-0.05, 0) is 84.8 Å². The molecule has 0 aliphatic heterocycles. The highest BCUT2D eigenvalue weighted by Crippen LogP contribution is 2.25. The first-order valence-electron chi connectivity index (χ1n) is 12.8. The van der Waals surface area contributed by atoms with Gasteiger partial charge in [0.1, 0.15) is 5.70 Å². The first kappa shape index (κ1) is 31.4. The minimum absolute atomic E-state index is 0.0320. The topological polar surface area (TPSA) is 125 Å². The van der Waals surface area contributed by atoms with Crippen LogP contribution in [0.3, 0.4) is 0 Å². The van der Waals surface area contributed by atoms with Gasteiger partial charge in [0, 0.05) is 31.9 Å². The van der Waals surface area contributed by atoms with Crippen molar-refractivity contribution in [2.75, 3.05) is 16.4 Å². The van der Waals surface area contributed by atoms with Gasteiger partial charge in [0.25, 0.3) is 11.8 Å². The van der Waals surface area contributed by atoms with Gasteiger partial charge >= 0.3 is 5.97 Å². The number of carboxylic acid groups (broad SMARTS) is 1. The van der Waals surface area contributed by atoms with Gasteiger partial charge in [0.2, 0.25) is 5.91 Å². The number of thioether (sulfide) groups is 1. The van der Waals surface area contributed by atoms with E-state index in [1.54, 1.807) is 79.7 Å². The molecule has 4 aromatic carbocycles. The van der Waals surface area contributed by atoms with Crippen molar-refractivity contribution in [3.05, 3.63) is 129 Å². The van der Waals surface area contributed by atoms with Crippen molar-refractivity contribution in [2.45, 2.75) is 11.8 Å². The molecule has 0 aromatic heterocycles. The van der Waals surface area contributed by atoms with Gasteiger partial charge in [-0.3, -0.25) is 14.4 Å². The lowest BCUT2D eigenvalue weighted by atomic mass is 10.1. The third-order valence-electron chi connectivity index (χ3n) is 6.03. The Morgan fingerprint density at radius 2 is 1.56 bits per heavy atom. The predicted octanol–water partition coefficient (Wildman–Crippen LogP) is 7.14. The number of nitrogens with one attached hydrogen (secondary N) is 3. The Bertz CT molecular complexity index is 1710. The van der Waals surface area contributed by atoms with Gasteiger partial charge in [-0.15, -0.1) is 11.8 Å². The number of aryl methyl sites for hydroxylation is 1. The number of aromatic carboxylic acids is 1. The lowest BCUT2D eigenvalue weighted by molar-refractivity contribution is -0.114. The molecule has 0 spiro atoms. The summed E-state index contributed by atoms with van der Waals surface area (Å²) < 4.78 is 0. The lowest BCUT2D eigenvalue weighted by Crippen LogP contribution is -2.30. The zero-order chi connectivity index (χ0) is 30.9. The normalized spacial score (nSPS) is 11.0. The van der Waals surface area contributed by atoms with Crippen molar-refractivity contribution in [1.29, 1.82) is 0 Å². The molecule has 0 aliphatic carbocycles. The standard InChI is InChI=1S/C32H25Cl2N3O5S/c1-19-7-8-22(32(41)42)16-27(19)36-29(38)18-43-25-13-11-24(12-14-25)35-31(40)28(15-21-9-10-23(33)17-26(21)34)37-30(39)20-5-3-2-4-6-20/h2-17H,18H2,1H3,(H,35,40)(H,36,38)(H,37,39)(H,41,42)/b28-15-. The summed E-state index contributed by atoms with van der Waals surface area (Å²) in [6, 6.07) is 24.6. The molecule has 3 amide bonds. The Hall–Kier alpha value is -4.57. The second kappa shape index (κ2) is 14.6. The Balaban J connectivity index is 1.42. The zero-order valence-electron chi connectivity index (χ0n) is 22.7. The molecule has 218 valence electrons. The summed E-state index contributed by atoms with van der Waals surface area (Å²) in [6.07, 6.45) is 1.46. The molecule has 43 heavy (non-hydrogen) atoms. The molecule has 0 fully saturated rings. The van der Waals surface area contributed by atoms with Crippen LogP contribution >= 0.6 is 35.0 Å². The van der Waals surface area contributed by atoms with Crippen LogP contribution in [0.15, 0.2) is 102 Å². The molecular weight excluding hydrogens is 609 g/mol. The summed E-state index contributed by atoms with van der Waals surface area (Å²) in [6.45, 7) is 1.78. The molecule has 4 rings (SSSR count). The summed E-state index contributed by atoms with van der Waals surface area (Å²) in [5.74, 6) is -2.33. The van der Waals surface area contributed by atoms with Crippen molar-refractivity contribution >= 4 is 76.1 Å². The highest BCUT2D eigenvalue weighted by Gasteiger charge is 2.16.